The number of rotatable bonds is 3. The van der Waals surface area contributed by atoms with Crippen molar-refractivity contribution in [3.05, 3.63) is 71.8 Å². The predicted octanol–water partition coefficient (Wildman–Crippen LogP) is 4.67. The zero-order valence-corrected chi connectivity index (χ0v) is 15.4. The van der Waals surface area contributed by atoms with Crippen molar-refractivity contribution in [1.82, 2.24) is 4.98 Å². The average molecular weight is 369 g/mol. The monoisotopic (exact) mass is 369 g/mol. The van der Waals surface area contributed by atoms with E-state index in [1.165, 1.54) is 37.4 Å². The van der Waals surface area contributed by atoms with Crippen molar-refractivity contribution in [1.29, 1.82) is 0 Å². The van der Waals surface area contributed by atoms with Crippen LogP contribution in [0.5, 0.6) is 0 Å². The minimum absolute atomic E-state index is 0.0379. The number of sulfone groups is 1. The van der Waals surface area contributed by atoms with Crippen LogP contribution >= 0.6 is 0 Å². The molecule has 0 saturated heterocycles. The number of benzene rings is 1. The first-order valence-electron chi connectivity index (χ1n) is 8.75. The third kappa shape index (κ3) is 3.12. The van der Waals surface area contributed by atoms with Crippen molar-refractivity contribution in [3.63, 3.8) is 0 Å². The summed E-state index contributed by atoms with van der Waals surface area (Å²) in [5.41, 5.74) is 3.79. The van der Waals surface area contributed by atoms with Gasteiger partial charge in [0.05, 0.1) is 10.6 Å². The molecule has 0 atom stereocenters. The van der Waals surface area contributed by atoms with Gasteiger partial charge in [-0.1, -0.05) is 37.1 Å². The Hall–Kier alpha value is -2.27. The molecule has 2 aromatic rings. The number of aromatic nitrogens is 1. The van der Waals surface area contributed by atoms with Crippen molar-refractivity contribution in [2.45, 2.75) is 30.6 Å². The number of hydrogen-bond donors (Lipinski definition) is 0. The number of nitrogens with zero attached hydrogens (tertiary/aromatic N) is 1. The lowest BCUT2D eigenvalue weighted by molar-refractivity contribution is 0.523. The lowest BCUT2D eigenvalue weighted by Gasteiger charge is -2.16. The molecule has 0 unspecified atom stereocenters. The highest BCUT2D eigenvalue weighted by Crippen LogP contribution is 2.51. The molecule has 1 spiro atoms. The van der Waals surface area contributed by atoms with E-state index in [4.69, 9.17) is 0 Å². The Morgan fingerprint density at radius 2 is 1.62 bits per heavy atom. The summed E-state index contributed by atoms with van der Waals surface area (Å²) in [6, 6.07) is 9.86. The SMILES string of the molecule is CS(=O)(=O)c1ccc(C2=CC3(C=C2c2ccc(F)cc2)CCCC3)nc1. The van der Waals surface area contributed by atoms with Gasteiger partial charge in [0, 0.05) is 23.4 Å². The predicted molar refractivity (Wildman–Crippen MR) is 101 cm³/mol. The van der Waals surface area contributed by atoms with Crippen molar-refractivity contribution in [2.75, 3.05) is 6.26 Å². The molecular weight excluding hydrogens is 349 g/mol. The van der Waals surface area contributed by atoms with E-state index in [1.807, 2.05) is 0 Å². The van der Waals surface area contributed by atoms with Gasteiger partial charge in [0.1, 0.15) is 5.82 Å². The van der Waals surface area contributed by atoms with Crippen molar-refractivity contribution >= 4 is 21.0 Å². The average Bonchev–Trinajstić information content (AvgIpc) is 3.22. The van der Waals surface area contributed by atoms with E-state index >= 15 is 0 Å². The van der Waals surface area contributed by atoms with Crippen LogP contribution < -0.4 is 0 Å². The Bertz CT molecular complexity index is 997. The fourth-order valence-corrected chi connectivity index (χ4v) is 4.49. The van der Waals surface area contributed by atoms with Crippen molar-refractivity contribution in [3.8, 4) is 0 Å². The Kier molecular flexibility index (Phi) is 4.07. The first kappa shape index (κ1) is 17.2. The fraction of sp³-hybridized carbons (Fsp3) is 0.286. The molecule has 0 bridgehead atoms. The van der Waals surface area contributed by atoms with Crippen molar-refractivity contribution < 1.29 is 12.8 Å². The molecule has 26 heavy (non-hydrogen) atoms. The molecule has 134 valence electrons. The third-order valence-electron chi connectivity index (χ3n) is 5.28. The van der Waals surface area contributed by atoms with Crippen LogP contribution in [0, 0.1) is 11.2 Å². The third-order valence-corrected chi connectivity index (χ3v) is 6.38. The van der Waals surface area contributed by atoms with Gasteiger partial charge < -0.3 is 0 Å². The van der Waals surface area contributed by atoms with Crippen LogP contribution in [-0.4, -0.2) is 19.7 Å². The van der Waals surface area contributed by atoms with Gasteiger partial charge in [-0.2, -0.15) is 0 Å². The highest BCUT2D eigenvalue weighted by molar-refractivity contribution is 7.90. The summed E-state index contributed by atoms with van der Waals surface area (Å²) in [4.78, 5) is 4.62. The van der Waals surface area contributed by atoms with E-state index < -0.39 is 9.84 Å². The molecule has 1 saturated carbocycles. The largest absolute Gasteiger partial charge is 0.255 e. The Morgan fingerprint density at radius 3 is 2.19 bits per heavy atom. The highest BCUT2D eigenvalue weighted by atomic mass is 32.2. The first-order chi connectivity index (χ1) is 12.4. The highest BCUT2D eigenvalue weighted by Gasteiger charge is 2.36. The lowest BCUT2D eigenvalue weighted by Crippen LogP contribution is -2.05. The second-order valence-electron chi connectivity index (χ2n) is 7.21. The quantitative estimate of drug-likeness (QED) is 0.790. The molecule has 1 aromatic carbocycles. The summed E-state index contributed by atoms with van der Waals surface area (Å²) < 4.78 is 36.7. The molecule has 0 amide bonds. The van der Waals surface area contributed by atoms with Crippen LogP contribution in [0.3, 0.4) is 0 Å². The topological polar surface area (TPSA) is 47.0 Å². The fourth-order valence-electron chi connectivity index (χ4n) is 3.93. The molecular formula is C21H20FNO2S. The lowest BCUT2D eigenvalue weighted by atomic mass is 9.88. The first-order valence-corrected chi connectivity index (χ1v) is 10.6. The summed E-state index contributed by atoms with van der Waals surface area (Å²) in [6.45, 7) is 0. The van der Waals surface area contributed by atoms with Gasteiger partial charge in [0.15, 0.2) is 9.84 Å². The van der Waals surface area contributed by atoms with Crippen LogP contribution in [0.25, 0.3) is 11.1 Å². The van der Waals surface area contributed by atoms with Gasteiger partial charge in [-0.3, -0.25) is 4.98 Å². The standard InChI is InChI=1S/C21H20FNO2S/c1-26(24,25)17-8-9-20(23-14-17)19-13-21(10-2-3-11-21)12-18(19)15-4-6-16(22)7-5-15/h4-9,12-14H,2-3,10-11H2,1H3. The summed E-state index contributed by atoms with van der Waals surface area (Å²) >= 11 is 0. The second-order valence-corrected chi connectivity index (χ2v) is 9.23. The summed E-state index contributed by atoms with van der Waals surface area (Å²) in [5.74, 6) is -0.260. The molecule has 4 rings (SSSR count). The van der Waals surface area contributed by atoms with Gasteiger partial charge in [-0.25, -0.2) is 12.8 Å². The number of halogens is 1. The van der Waals surface area contributed by atoms with E-state index in [-0.39, 0.29) is 16.1 Å². The maximum Gasteiger partial charge on any atom is 0.177 e. The van der Waals surface area contributed by atoms with Crippen LogP contribution in [0.1, 0.15) is 36.9 Å². The molecule has 1 fully saturated rings. The Balaban J connectivity index is 1.79. The van der Waals surface area contributed by atoms with E-state index in [1.54, 1.807) is 24.3 Å². The molecule has 0 aliphatic heterocycles. The molecule has 5 heteroatoms. The number of hydrogen-bond acceptors (Lipinski definition) is 3. The number of pyridine rings is 1. The Morgan fingerprint density at radius 1 is 0.962 bits per heavy atom. The van der Waals surface area contributed by atoms with Gasteiger partial charge in [-0.15, -0.1) is 0 Å². The van der Waals surface area contributed by atoms with Crippen LogP contribution in [0.4, 0.5) is 4.39 Å². The van der Waals surface area contributed by atoms with E-state index in [0.29, 0.717) is 0 Å². The van der Waals surface area contributed by atoms with Crippen molar-refractivity contribution in [2.24, 2.45) is 5.41 Å². The van der Waals surface area contributed by atoms with E-state index in [9.17, 15) is 12.8 Å². The molecule has 0 radical (unpaired) electrons. The molecule has 1 heterocycles. The normalized spacial score (nSPS) is 18.8. The maximum absolute atomic E-state index is 13.3. The maximum atomic E-state index is 13.3. The van der Waals surface area contributed by atoms with Crippen LogP contribution in [-0.2, 0) is 9.84 Å². The van der Waals surface area contributed by atoms with Gasteiger partial charge in [0.25, 0.3) is 0 Å². The summed E-state index contributed by atoms with van der Waals surface area (Å²) in [6.07, 6.45) is 11.7. The van der Waals surface area contributed by atoms with E-state index in [0.717, 1.165) is 35.2 Å². The minimum Gasteiger partial charge on any atom is -0.255 e. The Labute approximate surface area is 153 Å². The van der Waals surface area contributed by atoms with Gasteiger partial charge in [0.2, 0.25) is 0 Å². The smallest absolute Gasteiger partial charge is 0.177 e. The molecule has 2 aliphatic rings. The summed E-state index contributed by atoms with van der Waals surface area (Å²) in [7, 11) is -3.27. The number of allylic oxidation sites excluding steroid dienone is 4. The zero-order valence-electron chi connectivity index (χ0n) is 14.6. The zero-order chi connectivity index (χ0) is 18.4. The van der Waals surface area contributed by atoms with E-state index in [2.05, 4.69) is 17.1 Å². The van der Waals surface area contributed by atoms with Crippen LogP contribution in [0.15, 0.2) is 59.6 Å². The second kappa shape index (κ2) is 6.16. The molecule has 2 aliphatic carbocycles. The molecule has 1 aromatic heterocycles. The van der Waals surface area contributed by atoms with Crippen LogP contribution in [0.2, 0.25) is 0 Å². The molecule has 3 nitrogen and oxygen atoms in total. The summed E-state index contributed by atoms with van der Waals surface area (Å²) in [5, 5.41) is 0. The molecule has 0 N–H and O–H groups in total. The van der Waals surface area contributed by atoms with Gasteiger partial charge >= 0.3 is 0 Å². The van der Waals surface area contributed by atoms with Gasteiger partial charge in [-0.05, 0) is 48.2 Å². The minimum atomic E-state index is -3.27.